The van der Waals surface area contributed by atoms with Gasteiger partial charge in [0.05, 0.1) is 23.0 Å². The van der Waals surface area contributed by atoms with Crippen molar-refractivity contribution in [1.29, 1.82) is 5.26 Å². The van der Waals surface area contributed by atoms with Crippen LogP contribution >= 0.6 is 0 Å². The van der Waals surface area contributed by atoms with Gasteiger partial charge in [-0.2, -0.15) is 5.26 Å². The second-order valence-corrected chi connectivity index (χ2v) is 7.55. The van der Waals surface area contributed by atoms with Crippen LogP contribution in [0.25, 0.3) is 0 Å². The van der Waals surface area contributed by atoms with E-state index in [1.165, 1.54) is 17.0 Å². The lowest BCUT2D eigenvalue weighted by atomic mass is 10.0. The molecule has 2 saturated heterocycles. The van der Waals surface area contributed by atoms with Gasteiger partial charge in [0.15, 0.2) is 0 Å². The molecule has 0 spiro atoms. The van der Waals surface area contributed by atoms with E-state index >= 15 is 0 Å². The maximum Gasteiger partial charge on any atom is 0.344 e. The summed E-state index contributed by atoms with van der Waals surface area (Å²) in [4.78, 5) is 56.9. The van der Waals surface area contributed by atoms with Gasteiger partial charge < -0.3 is 4.90 Å². The molecule has 6 amide bonds. The van der Waals surface area contributed by atoms with Crippen molar-refractivity contribution in [2.45, 2.75) is 18.9 Å². The molecule has 9 heteroatoms. The Morgan fingerprint density at radius 2 is 1.31 bits per heavy atom. The van der Waals surface area contributed by atoms with Gasteiger partial charge in [-0.1, -0.05) is 36.4 Å². The van der Waals surface area contributed by atoms with Gasteiger partial charge in [-0.3, -0.25) is 9.59 Å². The number of para-hydroxylation sites is 2. The summed E-state index contributed by atoms with van der Waals surface area (Å²) in [5.74, 6) is -2.32. The first-order chi connectivity index (χ1) is 15.5. The first kappa shape index (κ1) is 19.5. The fourth-order valence-electron chi connectivity index (χ4n) is 4.40. The average Bonchev–Trinajstić information content (AvgIpc) is 3.38. The van der Waals surface area contributed by atoms with E-state index in [1.54, 1.807) is 53.4 Å². The Morgan fingerprint density at radius 1 is 0.750 bits per heavy atom. The smallest absolute Gasteiger partial charge is 0.316 e. The van der Waals surface area contributed by atoms with Crippen LogP contribution in [-0.2, 0) is 9.59 Å². The molecule has 158 valence electrons. The van der Waals surface area contributed by atoms with Gasteiger partial charge in [-0.25, -0.2) is 24.3 Å². The molecular formula is C23H17N5O4. The summed E-state index contributed by atoms with van der Waals surface area (Å²) in [6, 6.07) is 16.7. The molecule has 9 nitrogen and oxygen atoms in total. The molecule has 5 rings (SSSR count). The van der Waals surface area contributed by atoms with E-state index in [1.807, 2.05) is 0 Å². The van der Waals surface area contributed by atoms with E-state index in [4.69, 9.17) is 0 Å². The Bertz CT molecular complexity index is 1220. The molecule has 0 aromatic heterocycles. The van der Waals surface area contributed by atoms with Gasteiger partial charge in [0.1, 0.15) is 11.9 Å². The third-order valence-electron chi connectivity index (χ3n) is 5.81. The molecule has 32 heavy (non-hydrogen) atoms. The fraction of sp³-hybridized carbons (Fsp3) is 0.174. The number of nitriles is 1. The predicted octanol–water partition coefficient (Wildman–Crippen LogP) is 2.82. The molecule has 1 atom stereocenters. The quantitative estimate of drug-likeness (QED) is 0.553. The lowest BCUT2D eigenvalue weighted by molar-refractivity contribution is -0.138. The number of rotatable bonds is 3. The standard InChI is InChI=1S/C23H17N5O4/c24-14-17-18-12-7-13-25(18)22(31)26(15-8-3-1-4-9-15)19(17)28-21(30)20(29)27(23(28)32)16-10-5-2-6-11-16/h1-6,8-11,18H,7,12-13H2. The number of amides is 6. The summed E-state index contributed by atoms with van der Waals surface area (Å²) in [6.07, 6.45) is 1.22. The van der Waals surface area contributed by atoms with Crippen LogP contribution in [0.4, 0.5) is 21.0 Å². The molecule has 0 bridgehead atoms. The molecule has 3 heterocycles. The number of hydrogen-bond acceptors (Lipinski definition) is 5. The van der Waals surface area contributed by atoms with E-state index in [0.29, 0.717) is 30.0 Å². The second-order valence-electron chi connectivity index (χ2n) is 7.55. The third kappa shape index (κ3) is 2.70. The molecule has 1 unspecified atom stereocenters. The van der Waals surface area contributed by atoms with Crippen LogP contribution in [0.3, 0.4) is 0 Å². The topological polar surface area (TPSA) is 105 Å². The number of anilines is 2. The molecule has 0 saturated carbocycles. The molecular weight excluding hydrogens is 410 g/mol. The van der Waals surface area contributed by atoms with Crippen molar-refractivity contribution in [3.8, 4) is 6.07 Å². The normalized spacial score (nSPS) is 20.9. The van der Waals surface area contributed by atoms with Crippen LogP contribution in [-0.4, -0.2) is 46.3 Å². The van der Waals surface area contributed by atoms with Crippen molar-refractivity contribution in [1.82, 2.24) is 9.80 Å². The maximum absolute atomic E-state index is 13.4. The number of carbonyl (C=O) groups is 4. The molecule has 2 aromatic rings. The van der Waals surface area contributed by atoms with Crippen molar-refractivity contribution in [3.05, 3.63) is 72.1 Å². The minimum absolute atomic E-state index is 0.107. The highest BCUT2D eigenvalue weighted by atomic mass is 16.2. The van der Waals surface area contributed by atoms with Gasteiger partial charge in [0.25, 0.3) is 0 Å². The van der Waals surface area contributed by atoms with Gasteiger partial charge in [0, 0.05) is 6.54 Å². The number of fused-ring (bicyclic) bond motifs is 1. The number of urea groups is 2. The number of carbonyl (C=O) groups excluding carboxylic acids is 4. The molecule has 3 aliphatic heterocycles. The number of benzene rings is 2. The van der Waals surface area contributed by atoms with Crippen LogP contribution < -0.4 is 9.80 Å². The molecule has 0 aliphatic carbocycles. The fourth-order valence-corrected chi connectivity index (χ4v) is 4.40. The highest BCUT2D eigenvalue weighted by Gasteiger charge is 2.53. The summed E-state index contributed by atoms with van der Waals surface area (Å²) < 4.78 is 0. The van der Waals surface area contributed by atoms with Crippen molar-refractivity contribution in [2.24, 2.45) is 0 Å². The molecule has 3 aliphatic rings. The lowest BCUT2D eigenvalue weighted by Gasteiger charge is -2.40. The number of imide groups is 2. The van der Waals surface area contributed by atoms with Crippen molar-refractivity contribution in [2.75, 3.05) is 16.3 Å². The Labute approximate surface area is 183 Å². The van der Waals surface area contributed by atoms with Gasteiger partial charge in [-0.15, -0.1) is 0 Å². The van der Waals surface area contributed by atoms with E-state index in [0.717, 1.165) is 4.90 Å². The van der Waals surface area contributed by atoms with Crippen molar-refractivity contribution >= 4 is 35.3 Å². The van der Waals surface area contributed by atoms with Crippen LogP contribution in [0.15, 0.2) is 72.1 Å². The minimum Gasteiger partial charge on any atom is -0.316 e. The highest BCUT2D eigenvalue weighted by molar-refractivity contribution is 6.53. The van der Waals surface area contributed by atoms with Crippen LogP contribution in [0.1, 0.15) is 12.8 Å². The zero-order chi connectivity index (χ0) is 22.4. The largest absolute Gasteiger partial charge is 0.344 e. The third-order valence-corrected chi connectivity index (χ3v) is 5.81. The zero-order valence-electron chi connectivity index (χ0n) is 16.8. The first-order valence-electron chi connectivity index (χ1n) is 10.1. The summed E-state index contributed by atoms with van der Waals surface area (Å²) >= 11 is 0. The van der Waals surface area contributed by atoms with E-state index in [2.05, 4.69) is 6.07 Å². The molecule has 2 fully saturated rings. The highest BCUT2D eigenvalue weighted by Crippen LogP contribution is 2.39. The van der Waals surface area contributed by atoms with E-state index in [9.17, 15) is 24.4 Å². The van der Waals surface area contributed by atoms with E-state index < -0.39 is 29.9 Å². The average molecular weight is 427 g/mol. The lowest BCUT2D eigenvalue weighted by Crippen LogP contribution is -2.55. The monoisotopic (exact) mass is 427 g/mol. The number of hydrogen-bond donors (Lipinski definition) is 0. The Morgan fingerprint density at radius 3 is 1.91 bits per heavy atom. The SMILES string of the molecule is N#CC1=C(N2C(=O)C(=O)N(c3ccccc3)C2=O)N(c2ccccc2)C(=O)N2CCCC12. The van der Waals surface area contributed by atoms with Crippen molar-refractivity contribution in [3.63, 3.8) is 0 Å². The molecule has 0 radical (unpaired) electrons. The van der Waals surface area contributed by atoms with E-state index in [-0.39, 0.29) is 17.1 Å². The van der Waals surface area contributed by atoms with Gasteiger partial charge in [0.2, 0.25) is 0 Å². The molecule has 2 aromatic carbocycles. The van der Waals surface area contributed by atoms with Crippen molar-refractivity contribution < 1.29 is 19.2 Å². The van der Waals surface area contributed by atoms with Crippen LogP contribution in [0.2, 0.25) is 0 Å². The van der Waals surface area contributed by atoms with Gasteiger partial charge >= 0.3 is 23.9 Å². The zero-order valence-corrected chi connectivity index (χ0v) is 16.8. The van der Waals surface area contributed by atoms with Gasteiger partial charge in [-0.05, 0) is 37.1 Å². The maximum atomic E-state index is 13.4. The summed E-state index contributed by atoms with van der Waals surface area (Å²) in [7, 11) is 0. The predicted molar refractivity (Wildman–Crippen MR) is 113 cm³/mol. The summed E-state index contributed by atoms with van der Waals surface area (Å²) in [5.41, 5.74) is 0.723. The first-order valence-corrected chi connectivity index (χ1v) is 10.1. The Balaban J connectivity index is 1.70. The Hall–Kier alpha value is -4.45. The van der Waals surface area contributed by atoms with Crippen LogP contribution in [0, 0.1) is 11.3 Å². The summed E-state index contributed by atoms with van der Waals surface area (Å²) in [5, 5.41) is 10.0. The summed E-state index contributed by atoms with van der Waals surface area (Å²) in [6.45, 7) is 0.461. The Kier molecular flexibility index (Phi) is 4.48. The second kappa shape index (κ2) is 7.35. The molecule has 0 N–H and O–H groups in total. The number of nitrogens with zero attached hydrogens (tertiary/aromatic N) is 5. The van der Waals surface area contributed by atoms with Crippen LogP contribution in [0.5, 0.6) is 0 Å². The minimum atomic E-state index is -1.11.